The minimum atomic E-state index is 0.699. The maximum Gasteiger partial charge on any atom is 0.203 e. The third kappa shape index (κ3) is 6.72. The Morgan fingerprint density at radius 2 is 1.94 bits per heavy atom. The van der Waals surface area contributed by atoms with E-state index in [0.29, 0.717) is 17.5 Å². The smallest absolute Gasteiger partial charge is 0.203 e. The number of thiazole rings is 1. The van der Waals surface area contributed by atoms with Gasteiger partial charge in [0.2, 0.25) is 5.13 Å². The van der Waals surface area contributed by atoms with Gasteiger partial charge in [-0.15, -0.1) is 11.3 Å². The fourth-order valence-corrected chi connectivity index (χ4v) is 3.67. The summed E-state index contributed by atoms with van der Waals surface area (Å²) in [6, 6.07) is 13.6. The van der Waals surface area contributed by atoms with Gasteiger partial charge in [0.15, 0.2) is 11.5 Å². The molecule has 0 unspecified atom stereocenters. The molecule has 3 rings (SSSR count). The summed E-state index contributed by atoms with van der Waals surface area (Å²) < 4.78 is 16.6. The lowest BCUT2D eigenvalue weighted by molar-refractivity contribution is 0.285. The van der Waals surface area contributed by atoms with Crippen LogP contribution in [0.4, 0.5) is 5.13 Å². The normalized spacial score (nSPS) is 10.9. The molecule has 0 fully saturated rings. The third-order valence-corrected chi connectivity index (χ3v) is 5.43. The van der Waals surface area contributed by atoms with E-state index in [0.717, 1.165) is 34.7 Å². The van der Waals surface area contributed by atoms with Crippen LogP contribution in [-0.4, -0.2) is 32.0 Å². The molecule has 2 aromatic carbocycles. The molecule has 0 radical (unpaired) electrons. The summed E-state index contributed by atoms with van der Waals surface area (Å²) >= 11 is 1.50. The number of hydrogen-bond acceptors (Lipinski definition) is 7. The number of methoxy groups -OCH3 is 2. The quantitative estimate of drug-likeness (QED) is 0.206. The molecular weight excluding hydrogens is 410 g/mol. The van der Waals surface area contributed by atoms with E-state index >= 15 is 0 Å². The first-order valence-corrected chi connectivity index (χ1v) is 11.3. The van der Waals surface area contributed by atoms with E-state index in [1.807, 2.05) is 47.8 Å². The fourth-order valence-electron chi connectivity index (χ4n) is 3.00. The van der Waals surface area contributed by atoms with Crippen molar-refractivity contribution in [2.75, 3.05) is 26.3 Å². The van der Waals surface area contributed by atoms with Crippen LogP contribution < -0.4 is 19.6 Å². The second-order valence-electron chi connectivity index (χ2n) is 6.96. The van der Waals surface area contributed by atoms with Gasteiger partial charge in [-0.3, -0.25) is 5.43 Å². The van der Waals surface area contributed by atoms with Gasteiger partial charge < -0.3 is 14.2 Å². The van der Waals surface area contributed by atoms with Gasteiger partial charge in [-0.1, -0.05) is 38.3 Å². The Labute approximate surface area is 187 Å². The van der Waals surface area contributed by atoms with Crippen LogP contribution >= 0.6 is 11.3 Å². The minimum absolute atomic E-state index is 0.699. The molecule has 0 aliphatic carbocycles. The molecule has 164 valence electrons. The highest BCUT2D eigenvalue weighted by molar-refractivity contribution is 7.14. The zero-order valence-electron chi connectivity index (χ0n) is 18.3. The van der Waals surface area contributed by atoms with Crippen LogP contribution in [0.5, 0.6) is 17.2 Å². The maximum absolute atomic E-state index is 5.86. The van der Waals surface area contributed by atoms with Gasteiger partial charge in [0.1, 0.15) is 5.75 Å². The summed E-state index contributed by atoms with van der Waals surface area (Å²) in [6.45, 7) is 2.90. The molecular formula is C24H29N3O3S. The first-order valence-electron chi connectivity index (χ1n) is 10.4. The van der Waals surface area contributed by atoms with Crippen molar-refractivity contribution >= 4 is 22.7 Å². The van der Waals surface area contributed by atoms with Crippen molar-refractivity contribution in [3.63, 3.8) is 0 Å². The van der Waals surface area contributed by atoms with Gasteiger partial charge in [0.05, 0.1) is 32.7 Å². The molecule has 0 aliphatic heterocycles. The maximum atomic E-state index is 5.86. The fraction of sp³-hybridized carbons (Fsp3) is 0.333. The predicted molar refractivity (Wildman–Crippen MR) is 128 cm³/mol. The van der Waals surface area contributed by atoms with Gasteiger partial charge in [0, 0.05) is 10.9 Å². The summed E-state index contributed by atoms with van der Waals surface area (Å²) in [5.74, 6) is 2.27. The predicted octanol–water partition coefficient (Wildman–Crippen LogP) is 6.23. The minimum Gasteiger partial charge on any atom is -0.497 e. The zero-order chi connectivity index (χ0) is 21.9. The Morgan fingerprint density at radius 1 is 1.03 bits per heavy atom. The van der Waals surface area contributed by atoms with Crippen LogP contribution in [0.3, 0.4) is 0 Å². The summed E-state index contributed by atoms with van der Waals surface area (Å²) in [6.07, 6.45) is 6.43. The van der Waals surface area contributed by atoms with Crippen LogP contribution in [0.1, 0.15) is 38.2 Å². The van der Waals surface area contributed by atoms with Crippen molar-refractivity contribution in [1.29, 1.82) is 0 Å². The molecule has 0 bridgehead atoms. The number of hydrogen-bond donors (Lipinski definition) is 1. The SMILES string of the molecule is CCCCCCOc1ccc(/C=N\Nc2nc(-c3cccc(OC)c3)cs2)cc1OC. The number of benzene rings is 2. The van der Waals surface area contributed by atoms with Crippen LogP contribution in [0, 0.1) is 0 Å². The lowest BCUT2D eigenvalue weighted by Crippen LogP contribution is -2.00. The van der Waals surface area contributed by atoms with Crippen LogP contribution in [0.25, 0.3) is 11.3 Å². The summed E-state index contributed by atoms with van der Waals surface area (Å²) in [5.41, 5.74) is 5.78. The lowest BCUT2D eigenvalue weighted by atomic mass is 10.2. The molecule has 0 saturated carbocycles. The number of nitrogens with one attached hydrogen (secondary N) is 1. The van der Waals surface area contributed by atoms with Crippen molar-refractivity contribution < 1.29 is 14.2 Å². The lowest BCUT2D eigenvalue weighted by Gasteiger charge is -2.11. The molecule has 0 amide bonds. The largest absolute Gasteiger partial charge is 0.497 e. The highest BCUT2D eigenvalue weighted by atomic mass is 32.1. The number of anilines is 1. The van der Waals surface area contributed by atoms with E-state index in [1.54, 1.807) is 20.4 Å². The Morgan fingerprint density at radius 3 is 2.74 bits per heavy atom. The van der Waals surface area contributed by atoms with E-state index < -0.39 is 0 Å². The van der Waals surface area contributed by atoms with Gasteiger partial charge in [-0.05, 0) is 42.3 Å². The van der Waals surface area contributed by atoms with E-state index in [9.17, 15) is 0 Å². The Kier molecular flexibility index (Phi) is 8.72. The first kappa shape index (κ1) is 22.6. The number of nitrogens with zero attached hydrogens (tertiary/aromatic N) is 2. The topological polar surface area (TPSA) is 65.0 Å². The van der Waals surface area contributed by atoms with Crippen molar-refractivity contribution in [2.45, 2.75) is 32.6 Å². The van der Waals surface area contributed by atoms with E-state index in [1.165, 1.54) is 30.6 Å². The molecule has 31 heavy (non-hydrogen) atoms. The molecule has 3 aromatic rings. The van der Waals surface area contributed by atoms with E-state index in [2.05, 4.69) is 22.4 Å². The van der Waals surface area contributed by atoms with Gasteiger partial charge in [-0.25, -0.2) is 4.98 Å². The van der Waals surface area contributed by atoms with E-state index in [4.69, 9.17) is 14.2 Å². The van der Waals surface area contributed by atoms with Gasteiger partial charge in [-0.2, -0.15) is 5.10 Å². The number of rotatable bonds is 12. The first-order chi connectivity index (χ1) is 15.2. The highest BCUT2D eigenvalue weighted by Gasteiger charge is 2.07. The monoisotopic (exact) mass is 439 g/mol. The van der Waals surface area contributed by atoms with E-state index in [-0.39, 0.29) is 0 Å². The molecule has 0 aliphatic rings. The van der Waals surface area contributed by atoms with Crippen molar-refractivity contribution in [3.05, 3.63) is 53.4 Å². The van der Waals surface area contributed by atoms with Crippen LogP contribution in [0.2, 0.25) is 0 Å². The van der Waals surface area contributed by atoms with Gasteiger partial charge >= 0.3 is 0 Å². The molecule has 1 aromatic heterocycles. The van der Waals surface area contributed by atoms with Crippen molar-refractivity contribution in [3.8, 4) is 28.5 Å². The Hall–Kier alpha value is -3.06. The van der Waals surface area contributed by atoms with Crippen LogP contribution in [0.15, 0.2) is 52.9 Å². The standard InChI is InChI=1S/C24H29N3O3S/c1-4-5-6-7-13-30-22-12-11-18(14-23(22)29-3)16-25-27-24-26-21(17-31-24)19-9-8-10-20(15-19)28-2/h8-12,14-17H,4-7,13H2,1-3H3,(H,26,27)/b25-16-. The number of aromatic nitrogens is 1. The average Bonchev–Trinajstić information content (AvgIpc) is 3.28. The van der Waals surface area contributed by atoms with Crippen LogP contribution in [-0.2, 0) is 0 Å². The molecule has 0 saturated heterocycles. The molecule has 0 spiro atoms. The summed E-state index contributed by atoms with van der Waals surface area (Å²) in [4.78, 5) is 4.58. The molecule has 7 heteroatoms. The second-order valence-corrected chi connectivity index (χ2v) is 7.82. The molecule has 0 atom stereocenters. The van der Waals surface area contributed by atoms with Crippen molar-refractivity contribution in [1.82, 2.24) is 4.98 Å². The van der Waals surface area contributed by atoms with Crippen molar-refractivity contribution in [2.24, 2.45) is 5.10 Å². The number of unbranched alkanes of at least 4 members (excludes halogenated alkanes) is 3. The zero-order valence-corrected chi connectivity index (χ0v) is 19.1. The molecule has 1 N–H and O–H groups in total. The highest BCUT2D eigenvalue weighted by Crippen LogP contribution is 2.29. The Bertz CT molecular complexity index is 988. The number of ether oxygens (including phenoxy) is 3. The molecule has 6 nitrogen and oxygen atoms in total. The number of hydrazone groups is 1. The average molecular weight is 440 g/mol. The molecule has 1 heterocycles. The summed E-state index contributed by atoms with van der Waals surface area (Å²) in [7, 11) is 3.30. The summed E-state index contributed by atoms with van der Waals surface area (Å²) in [5, 5.41) is 7.01. The third-order valence-electron chi connectivity index (χ3n) is 4.69. The second kappa shape index (κ2) is 12.0. The Balaban J connectivity index is 1.57. The van der Waals surface area contributed by atoms with Gasteiger partial charge in [0.25, 0.3) is 0 Å².